The van der Waals surface area contributed by atoms with Crippen molar-refractivity contribution in [1.29, 1.82) is 0 Å². The van der Waals surface area contributed by atoms with E-state index in [0.717, 1.165) is 51.1 Å². The van der Waals surface area contributed by atoms with Crippen molar-refractivity contribution in [3.63, 3.8) is 0 Å². The molecule has 3 fully saturated rings. The van der Waals surface area contributed by atoms with E-state index in [0.29, 0.717) is 0 Å². The van der Waals surface area contributed by atoms with Gasteiger partial charge in [-0.05, 0) is 25.2 Å². The fraction of sp³-hybridized carbons (Fsp3) is 0.947. The first-order valence-corrected chi connectivity index (χ1v) is 10.1. The third-order valence-corrected chi connectivity index (χ3v) is 5.78. The van der Waals surface area contributed by atoms with Crippen LogP contribution in [0.2, 0.25) is 0 Å². The van der Waals surface area contributed by atoms with E-state index in [9.17, 15) is 0 Å². The lowest BCUT2D eigenvalue weighted by Crippen LogP contribution is -2.53. The van der Waals surface area contributed by atoms with E-state index in [4.69, 9.17) is 9.47 Å². The maximum atomic E-state index is 5.94. The van der Waals surface area contributed by atoms with Crippen molar-refractivity contribution in [2.45, 2.75) is 70.0 Å². The lowest BCUT2D eigenvalue weighted by atomic mass is 10.0. The van der Waals surface area contributed by atoms with Crippen LogP contribution in [0.4, 0.5) is 0 Å². The number of hydrogen-bond donors (Lipinski definition) is 1. The number of ether oxygens (including phenoxy) is 2. The van der Waals surface area contributed by atoms with Crippen LogP contribution >= 0.6 is 0 Å². The minimum absolute atomic E-state index is 0.196. The maximum Gasteiger partial charge on any atom is 0.193 e. The zero-order valence-electron chi connectivity index (χ0n) is 15.3. The van der Waals surface area contributed by atoms with Crippen LogP contribution in [0.3, 0.4) is 0 Å². The molecule has 2 unspecified atom stereocenters. The number of hydrogen-bond acceptors (Lipinski definition) is 3. The van der Waals surface area contributed by atoms with Gasteiger partial charge >= 0.3 is 0 Å². The van der Waals surface area contributed by atoms with E-state index in [2.05, 4.69) is 15.2 Å². The first-order chi connectivity index (χ1) is 11.9. The quantitative estimate of drug-likeness (QED) is 0.460. The third-order valence-electron chi connectivity index (χ3n) is 5.78. The standard InChI is InChI=1S/C19H35N3O2/c1-20-19(21-11-5-4-9-16-7-2-3-8-16)22-12-14-24-18(15-22)17-10-6-13-23-17/h16-18H,2-15H2,1H3,(H,20,21). The molecular formula is C19H35N3O2. The molecule has 0 radical (unpaired) electrons. The SMILES string of the molecule is CN=C(NCCCCC1CCCC1)N1CCOC(C2CCCO2)C1. The topological polar surface area (TPSA) is 46.1 Å². The largest absolute Gasteiger partial charge is 0.375 e. The van der Waals surface area contributed by atoms with Crippen LogP contribution in [0, 0.1) is 5.92 Å². The normalized spacial score (nSPS) is 29.4. The van der Waals surface area contributed by atoms with Crippen molar-refractivity contribution < 1.29 is 9.47 Å². The Kier molecular flexibility index (Phi) is 7.21. The fourth-order valence-corrected chi connectivity index (χ4v) is 4.38. The van der Waals surface area contributed by atoms with Crippen LogP contribution in [0.15, 0.2) is 4.99 Å². The molecule has 3 aliphatic rings. The van der Waals surface area contributed by atoms with Gasteiger partial charge in [-0.1, -0.05) is 38.5 Å². The zero-order chi connectivity index (χ0) is 16.6. The Morgan fingerprint density at radius 3 is 2.62 bits per heavy atom. The molecule has 2 aliphatic heterocycles. The van der Waals surface area contributed by atoms with E-state index in [-0.39, 0.29) is 12.2 Å². The molecule has 2 heterocycles. The van der Waals surface area contributed by atoms with E-state index >= 15 is 0 Å². The molecule has 5 heteroatoms. The summed E-state index contributed by atoms with van der Waals surface area (Å²) >= 11 is 0. The van der Waals surface area contributed by atoms with Crippen LogP contribution in [0.5, 0.6) is 0 Å². The molecule has 3 rings (SSSR count). The van der Waals surface area contributed by atoms with E-state index in [1.807, 2.05) is 7.05 Å². The predicted octanol–water partition coefficient (Wildman–Crippen LogP) is 2.80. The highest BCUT2D eigenvalue weighted by molar-refractivity contribution is 5.80. The summed E-state index contributed by atoms with van der Waals surface area (Å²) in [5, 5.41) is 3.56. The molecular weight excluding hydrogens is 302 g/mol. The number of aliphatic imine (C=N–C) groups is 1. The van der Waals surface area contributed by atoms with Gasteiger partial charge in [0.25, 0.3) is 0 Å². The molecule has 2 saturated heterocycles. The summed E-state index contributed by atoms with van der Waals surface area (Å²) in [6, 6.07) is 0. The Bertz CT molecular complexity index is 390. The van der Waals surface area contributed by atoms with E-state index in [1.165, 1.54) is 51.4 Å². The Morgan fingerprint density at radius 1 is 1.04 bits per heavy atom. The Balaban J connectivity index is 1.35. The Morgan fingerprint density at radius 2 is 1.88 bits per heavy atom. The monoisotopic (exact) mass is 337 g/mol. The van der Waals surface area contributed by atoms with Crippen molar-refractivity contribution in [2.24, 2.45) is 10.9 Å². The summed E-state index contributed by atoms with van der Waals surface area (Å²) in [7, 11) is 1.89. The molecule has 0 bridgehead atoms. The van der Waals surface area contributed by atoms with Gasteiger partial charge in [0.2, 0.25) is 0 Å². The molecule has 5 nitrogen and oxygen atoms in total. The smallest absolute Gasteiger partial charge is 0.193 e. The van der Waals surface area contributed by atoms with Gasteiger partial charge in [0.05, 0.1) is 12.7 Å². The minimum Gasteiger partial charge on any atom is -0.375 e. The summed E-state index contributed by atoms with van der Waals surface area (Å²) in [6.07, 6.45) is 12.6. The van der Waals surface area contributed by atoms with E-state index in [1.54, 1.807) is 0 Å². The Labute approximate surface area is 147 Å². The molecule has 0 amide bonds. The molecule has 0 aromatic rings. The second-order valence-electron chi connectivity index (χ2n) is 7.53. The van der Waals surface area contributed by atoms with Crippen LogP contribution in [0.1, 0.15) is 57.8 Å². The fourth-order valence-electron chi connectivity index (χ4n) is 4.38. The van der Waals surface area contributed by atoms with Gasteiger partial charge in [-0.15, -0.1) is 0 Å². The summed E-state index contributed by atoms with van der Waals surface area (Å²) in [5.41, 5.74) is 0. The third kappa shape index (κ3) is 5.09. The van der Waals surface area contributed by atoms with Gasteiger partial charge in [0.1, 0.15) is 6.10 Å². The van der Waals surface area contributed by atoms with Crippen molar-refractivity contribution in [1.82, 2.24) is 10.2 Å². The molecule has 2 atom stereocenters. The number of rotatable bonds is 6. The Hall–Kier alpha value is -0.810. The zero-order valence-corrected chi connectivity index (χ0v) is 15.3. The molecule has 1 N–H and O–H groups in total. The highest BCUT2D eigenvalue weighted by Gasteiger charge is 2.32. The van der Waals surface area contributed by atoms with Crippen molar-refractivity contribution in [3.05, 3.63) is 0 Å². The highest BCUT2D eigenvalue weighted by atomic mass is 16.5. The summed E-state index contributed by atoms with van der Waals surface area (Å²) in [4.78, 5) is 6.82. The number of morpholine rings is 1. The molecule has 0 aromatic carbocycles. The number of nitrogens with zero attached hydrogens (tertiary/aromatic N) is 2. The molecule has 0 spiro atoms. The first-order valence-electron chi connectivity index (χ1n) is 10.1. The average Bonchev–Trinajstić information content (AvgIpc) is 3.32. The van der Waals surface area contributed by atoms with Crippen LogP contribution in [0.25, 0.3) is 0 Å². The number of unbranched alkanes of at least 4 members (excludes halogenated alkanes) is 1. The van der Waals surface area contributed by atoms with Gasteiger partial charge in [-0.25, -0.2) is 0 Å². The lowest BCUT2D eigenvalue weighted by molar-refractivity contribution is -0.0816. The van der Waals surface area contributed by atoms with Crippen LogP contribution < -0.4 is 5.32 Å². The molecule has 0 aromatic heterocycles. The van der Waals surface area contributed by atoms with Gasteiger partial charge in [0, 0.05) is 33.3 Å². The highest BCUT2D eigenvalue weighted by Crippen LogP contribution is 2.28. The van der Waals surface area contributed by atoms with Gasteiger partial charge in [-0.2, -0.15) is 0 Å². The maximum absolute atomic E-state index is 5.94. The van der Waals surface area contributed by atoms with Gasteiger partial charge in [-0.3, -0.25) is 4.99 Å². The second-order valence-corrected chi connectivity index (χ2v) is 7.53. The molecule has 138 valence electrons. The minimum atomic E-state index is 0.196. The van der Waals surface area contributed by atoms with E-state index < -0.39 is 0 Å². The molecule has 24 heavy (non-hydrogen) atoms. The van der Waals surface area contributed by atoms with Crippen molar-refractivity contribution in [3.8, 4) is 0 Å². The molecule has 1 aliphatic carbocycles. The molecule has 1 saturated carbocycles. The lowest BCUT2D eigenvalue weighted by Gasteiger charge is -2.37. The first kappa shape index (κ1) is 18.0. The predicted molar refractivity (Wildman–Crippen MR) is 97.5 cm³/mol. The average molecular weight is 338 g/mol. The second kappa shape index (κ2) is 9.62. The van der Waals surface area contributed by atoms with Crippen molar-refractivity contribution >= 4 is 5.96 Å². The number of guanidine groups is 1. The summed E-state index contributed by atoms with van der Waals surface area (Å²) in [6.45, 7) is 4.50. The van der Waals surface area contributed by atoms with Crippen LogP contribution in [-0.4, -0.2) is 63.0 Å². The number of nitrogens with one attached hydrogen (secondary N) is 1. The summed E-state index contributed by atoms with van der Waals surface area (Å²) in [5.74, 6) is 2.04. The van der Waals surface area contributed by atoms with Crippen molar-refractivity contribution in [2.75, 3.05) is 39.9 Å². The summed E-state index contributed by atoms with van der Waals surface area (Å²) < 4.78 is 11.7. The van der Waals surface area contributed by atoms with Gasteiger partial charge < -0.3 is 19.7 Å². The van der Waals surface area contributed by atoms with Gasteiger partial charge in [0.15, 0.2) is 5.96 Å². The van der Waals surface area contributed by atoms with Crippen LogP contribution in [-0.2, 0) is 9.47 Å².